The molecular weight excluding hydrogens is 421 g/mol. The minimum absolute atomic E-state index is 0.0298. The highest BCUT2D eigenvalue weighted by Gasteiger charge is 2.21. The van der Waals surface area contributed by atoms with E-state index < -0.39 is 0 Å². The summed E-state index contributed by atoms with van der Waals surface area (Å²) in [5.74, 6) is -0.520. The van der Waals surface area contributed by atoms with Crippen molar-refractivity contribution in [3.8, 4) is 6.07 Å². The highest BCUT2D eigenvalue weighted by atomic mass is 19.1. The quantitative estimate of drug-likeness (QED) is 0.551. The van der Waals surface area contributed by atoms with Crippen LogP contribution in [0.25, 0.3) is 0 Å². The van der Waals surface area contributed by atoms with Gasteiger partial charge in [-0.25, -0.2) is 4.39 Å². The van der Waals surface area contributed by atoms with E-state index >= 15 is 0 Å². The molecule has 33 heavy (non-hydrogen) atoms. The molecule has 8 heteroatoms. The highest BCUT2D eigenvalue weighted by Crippen LogP contribution is 2.27. The Balaban J connectivity index is 1.69. The first kappa shape index (κ1) is 23.7. The summed E-state index contributed by atoms with van der Waals surface area (Å²) >= 11 is 0. The van der Waals surface area contributed by atoms with Gasteiger partial charge in [0.05, 0.1) is 18.7 Å². The van der Waals surface area contributed by atoms with Gasteiger partial charge in [-0.3, -0.25) is 14.5 Å². The molecule has 0 atom stereocenters. The Morgan fingerprint density at radius 3 is 2.21 bits per heavy atom. The van der Waals surface area contributed by atoms with Crippen molar-refractivity contribution in [2.75, 3.05) is 30.8 Å². The maximum Gasteiger partial charge on any atom is 0.239 e. The lowest BCUT2D eigenvalue weighted by Gasteiger charge is -2.17. The molecule has 3 aromatic rings. The van der Waals surface area contributed by atoms with Crippen LogP contribution < -0.4 is 10.6 Å². The van der Waals surface area contributed by atoms with Crippen molar-refractivity contribution >= 4 is 23.3 Å². The second-order valence-electron chi connectivity index (χ2n) is 7.89. The fourth-order valence-electron chi connectivity index (χ4n) is 3.54. The summed E-state index contributed by atoms with van der Waals surface area (Å²) in [6, 6.07) is 17.3. The SMILES string of the molecule is Cc1c(C#N)c(NC(=O)CN(C)CC(=O)Nc2ccccc2)n(Cc2ccc(F)cc2)c1C. The van der Waals surface area contributed by atoms with Gasteiger partial charge in [0.2, 0.25) is 11.8 Å². The van der Waals surface area contributed by atoms with E-state index in [2.05, 4.69) is 16.7 Å². The smallest absolute Gasteiger partial charge is 0.239 e. The first-order valence-electron chi connectivity index (χ1n) is 10.5. The summed E-state index contributed by atoms with van der Waals surface area (Å²) in [7, 11) is 1.67. The van der Waals surface area contributed by atoms with E-state index in [-0.39, 0.29) is 30.7 Å². The van der Waals surface area contributed by atoms with Crippen molar-refractivity contribution < 1.29 is 14.0 Å². The molecule has 0 aliphatic rings. The molecule has 0 saturated heterocycles. The van der Waals surface area contributed by atoms with Crippen LogP contribution in [0.2, 0.25) is 0 Å². The van der Waals surface area contributed by atoms with Gasteiger partial charge in [0.15, 0.2) is 0 Å². The molecule has 0 radical (unpaired) electrons. The Labute approximate surface area is 192 Å². The van der Waals surface area contributed by atoms with Crippen molar-refractivity contribution in [1.29, 1.82) is 5.26 Å². The molecular formula is C25H26FN5O2. The number of halogens is 1. The largest absolute Gasteiger partial charge is 0.326 e. The second-order valence-corrected chi connectivity index (χ2v) is 7.89. The van der Waals surface area contributed by atoms with Crippen molar-refractivity contribution in [2.24, 2.45) is 0 Å². The number of para-hydroxylation sites is 1. The Morgan fingerprint density at radius 2 is 1.61 bits per heavy atom. The summed E-state index contributed by atoms with van der Waals surface area (Å²) in [6.07, 6.45) is 0. The molecule has 1 aromatic heterocycles. The molecule has 0 bridgehead atoms. The number of carbonyl (C=O) groups is 2. The fourth-order valence-corrected chi connectivity index (χ4v) is 3.54. The van der Waals surface area contributed by atoms with Gasteiger partial charge >= 0.3 is 0 Å². The van der Waals surface area contributed by atoms with E-state index in [1.807, 2.05) is 36.6 Å². The third-order valence-electron chi connectivity index (χ3n) is 5.34. The lowest BCUT2D eigenvalue weighted by Crippen LogP contribution is -2.36. The Hall–Kier alpha value is -3.96. The number of nitrogens with one attached hydrogen (secondary N) is 2. The summed E-state index contributed by atoms with van der Waals surface area (Å²) < 4.78 is 15.1. The van der Waals surface area contributed by atoms with Crippen molar-refractivity contribution in [3.63, 3.8) is 0 Å². The third-order valence-corrected chi connectivity index (χ3v) is 5.34. The zero-order valence-electron chi connectivity index (χ0n) is 18.9. The van der Waals surface area contributed by atoms with Crippen LogP contribution in [0.5, 0.6) is 0 Å². The predicted octanol–water partition coefficient (Wildman–Crippen LogP) is 3.67. The van der Waals surface area contributed by atoms with Crippen LogP contribution in [0, 0.1) is 31.0 Å². The van der Waals surface area contributed by atoms with Crippen LogP contribution >= 0.6 is 0 Å². The number of hydrogen-bond donors (Lipinski definition) is 2. The molecule has 1 heterocycles. The third kappa shape index (κ3) is 6.05. The minimum atomic E-state index is -0.348. The van der Waals surface area contributed by atoms with Gasteiger partial charge in [-0.15, -0.1) is 0 Å². The lowest BCUT2D eigenvalue weighted by molar-refractivity contribution is -0.119. The number of aromatic nitrogens is 1. The second kappa shape index (κ2) is 10.6. The average Bonchev–Trinajstić information content (AvgIpc) is 2.99. The van der Waals surface area contributed by atoms with E-state index in [4.69, 9.17) is 0 Å². The van der Waals surface area contributed by atoms with Gasteiger partial charge in [0, 0.05) is 17.9 Å². The van der Waals surface area contributed by atoms with Gasteiger partial charge in [-0.05, 0) is 56.3 Å². The van der Waals surface area contributed by atoms with Gasteiger partial charge in [0.1, 0.15) is 17.7 Å². The zero-order valence-corrected chi connectivity index (χ0v) is 18.9. The maximum atomic E-state index is 13.3. The van der Waals surface area contributed by atoms with E-state index in [9.17, 15) is 19.2 Å². The molecule has 0 unspecified atom stereocenters. The summed E-state index contributed by atoms with van der Waals surface area (Å²) in [6.45, 7) is 4.06. The van der Waals surface area contributed by atoms with Gasteiger partial charge in [-0.1, -0.05) is 30.3 Å². The van der Waals surface area contributed by atoms with E-state index in [1.54, 1.807) is 36.2 Å². The minimum Gasteiger partial charge on any atom is -0.326 e. The Kier molecular flexibility index (Phi) is 7.59. The van der Waals surface area contributed by atoms with Crippen LogP contribution in [0.3, 0.4) is 0 Å². The molecule has 7 nitrogen and oxygen atoms in total. The number of nitrogens with zero attached hydrogens (tertiary/aromatic N) is 3. The number of benzene rings is 2. The number of anilines is 2. The van der Waals surface area contributed by atoms with Crippen LogP contribution in [-0.4, -0.2) is 41.4 Å². The molecule has 2 N–H and O–H groups in total. The summed E-state index contributed by atoms with van der Waals surface area (Å²) in [4.78, 5) is 26.6. The first-order chi connectivity index (χ1) is 15.8. The molecule has 3 rings (SSSR count). The number of amides is 2. The number of likely N-dealkylation sites (N-methyl/N-ethyl adjacent to an activating group) is 1. The molecule has 170 valence electrons. The Bertz CT molecular complexity index is 1180. The van der Waals surface area contributed by atoms with E-state index in [1.165, 1.54) is 12.1 Å². The van der Waals surface area contributed by atoms with Crippen LogP contribution in [0.4, 0.5) is 15.9 Å². The van der Waals surface area contributed by atoms with Crippen molar-refractivity contribution in [3.05, 3.63) is 82.8 Å². The molecule has 0 spiro atoms. The number of hydrogen-bond acceptors (Lipinski definition) is 4. The van der Waals surface area contributed by atoms with Gasteiger partial charge < -0.3 is 15.2 Å². The number of carbonyl (C=O) groups excluding carboxylic acids is 2. The Morgan fingerprint density at radius 1 is 1.00 bits per heavy atom. The van der Waals surface area contributed by atoms with Gasteiger partial charge in [-0.2, -0.15) is 5.26 Å². The fraction of sp³-hybridized carbons (Fsp3) is 0.240. The monoisotopic (exact) mass is 447 g/mol. The molecule has 0 aliphatic heterocycles. The standard InChI is InChI=1S/C25H26FN5O2/c1-17-18(2)31(14-19-9-11-20(26)12-10-19)25(22(17)13-27)29-24(33)16-30(3)15-23(32)28-21-7-5-4-6-8-21/h4-12H,14-16H2,1-3H3,(H,28,32)(H,29,33). The molecule has 0 saturated carbocycles. The van der Waals surface area contributed by atoms with Crippen molar-refractivity contribution in [2.45, 2.75) is 20.4 Å². The van der Waals surface area contributed by atoms with Crippen LogP contribution in [0.15, 0.2) is 54.6 Å². The van der Waals surface area contributed by atoms with Crippen molar-refractivity contribution in [1.82, 2.24) is 9.47 Å². The topological polar surface area (TPSA) is 90.2 Å². The normalized spacial score (nSPS) is 10.7. The summed E-state index contributed by atoms with van der Waals surface area (Å²) in [5, 5.41) is 15.3. The molecule has 0 aliphatic carbocycles. The highest BCUT2D eigenvalue weighted by molar-refractivity contribution is 5.95. The molecule has 2 aromatic carbocycles. The maximum absolute atomic E-state index is 13.3. The number of rotatable bonds is 8. The van der Waals surface area contributed by atoms with E-state index in [0.29, 0.717) is 23.6 Å². The molecule has 2 amide bonds. The number of nitriles is 1. The van der Waals surface area contributed by atoms with Gasteiger partial charge in [0.25, 0.3) is 0 Å². The van der Waals surface area contributed by atoms with Crippen LogP contribution in [0.1, 0.15) is 22.4 Å². The average molecular weight is 448 g/mol. The molecule has 0 fully saturated rings. The van der Waals surface area contributed by atoms with Crippen LogP contribution in [-0.2, 0) is 16.1 Å². The van der Waals surface area contributed by atoms with E-state index in [0.717, 1.165) is 16.8 Å². The predicted molar refractivity (Wildman–Crippen MR) is 125 cm³/mol. The first-order valence-corrected chi connectivity index (χ1v) is 10.5. The zero-order chi connectivity index (χ0) is 24.0. The summed E-state index contributed by atoms with van der Waals surface area (Å²) in [5.41, 5.74) is 3.51. The lowest BCUT2D eigenvalue weighted by atomic mass is 10.2.